The maximum Gasteiger partial charge on any atom is 0.321 e. The van der Waals surface area contributed by atoms with E-state index in [4.69, 9.17) is 0 Å². The minimum absolute atomic E-state index is 0.119. The molecule has 3 amide bonds. The zero-order valence-electron chi connectivity index (χ0n) is 15.4. The van der Waals surface area contributed by atoms with Crippen LogP contribution in [0.15, 0.2) is 30.2 Å². The summed E-state index contributed by atoms with van der Waals surface area (Å²) in [5.41, 5.74) is 0. The molecular formula is C20H29N3O2S. The van der Waals surface area contributed by atoms with Crippen LogP contribution in [0.3, 0.4) is 0 Å². The lowest BCUT2D eigenvalue weighted by molar-refractivity contribution is -0.121. The molecule has 3 rings (SSSR count). The summed E-state index contributed by atoms with van der Waals surface area (Å²) in [7, 11) is 0. The van der Waals surface area contributed by atoms with E-state index in [0.29, 0.717) is 19.0 Å². The molecular weight excluding hydrogens is 346 g/mol. The Labute approximate surface area is 159 Å². The van der Waals surface area contributed by atoms with Gasteiger partial charge in [-0.3, -0.25) is 15.0 Å². The number of rotatable bonds is 8. The van der Waals surface area contributed by atoms with Crippen molar-refractivity contribution in [2.45, 2.75) is 45.2 Å². The molecule has 2 aliphatic carbocycles. The summed E-state index contributed by atoms with van der Waals surface area (Å²) in [5.74, 6) is 1.88. The molecule has 1 heterocycles. The van der Waals surface area contributed by atoms with Gasteiger partial charge in [-0.25, -0.2) is 4.79 Å². The first-order chi connectivity index (χ1) is 12.5. The van der Waals surface area contributed by atoms with Gasteiger partial charge in [0.15, 0.2) is 0 Å². The van der Waals surface area contributed by atoms with Crippen molar-refractivity contribution in [3.63, 3.8) is 0 Å². The smallest absolute Gasteiger partial charge is 0.321 e. The zero-order valence-corrected chi connectivity index (χ0v) is 16.3. The quantitative estimate of drug-likeness (QED) is 0.685. The topological polar surface area (TPSA) is 61.4 Å². The highest BCUT2D eigenvalue weighted by Gasteiger charge is 2.42. The molecule has 0 radical (unpaired) electrons. The Bertz CT molecular complexity index is 631. The summed E-state index contributed by atoms with van der Waals surface area (Å²) in [6.07, 6.45) is 6.95. The van der Waals surface area contributed by atoms with Crippen molar-refractivity contribution in [1.29, 1.82) is 0 Å². The maximum absolute atomic E-state index is 12.3. The number of amides is 3. The zero-order chi connectivity index (χ0) is 18.5. The predicted molar refractivity (Wildman–Crippen MR) is 105 cm³/mol. The van der Waals surface area contributed by atoms with Gasteiger partial charge in [0, 0.05) is 24.0 Å². The van der Waals surface area contributed by atoms with E-state index in [-0.39, 0.29) is 24.5 Å². The third-order valence-electron chi connectivity index (χ3n) is 5.76. The molecule has 4 atom stereocenters. The summed E-state index contributed by atoms with van der Waals surface area (Å²) in [6, 6.07) is 3.78. The van der Waals surface area contributed by atoms with E-state index >= 15 is 0 Å². The second-order valence-corrected chi connectivity index (χ2v) is 8.72. The monoisotopic (exact) mass is 375 g/mol. The van der Waals surface area contributed by atoms with Crippen molar-refractivity contribution in [2.75, 3.05) is 13.1 Å². The molecule has 2 N–H and O–H groups in total. The van der Waals surface area contributed by atoms with Gasteiger partial charge in [0.05, 0.1) is 6.54 Å². The lowest BCUT2D eigenvalue weighted by atomic mass is 9.84. The molecule has 26 heavy (non-hydrogen) atoms. The van der Waals surface area contributed by atoms with Gasteiger partial charge in [0.25, 0.3) is 0 Å². The average molecular weight is 376 g/mol. The SMILES string of the molecule is C=CCN(CC(=O)NC(=O)NC(C)C1CC2CCC1C2)Cc1cccs1. The fraction of sp³-hybridized carbons (Fsp3) is 0.600. The number of nitrogens with one attached hydrogen (secondary N) is 2. The van der Waals surface area contributed by atoms with Crippen LogP contribution in [0.25, 0.3) is 0 Å². The Hall–Kier alpha value is -1.66. The summed E-state index contributed by atoms with van der Waals surface area (Å²) in [5, 5.41) is 7.49. The van der Waals surface area contributed by atoms with Gasteiger partial charge in [0.2, 0.25) is 5.91 Å². The number of carbonyl (C=O) groups excluding carboxylic acids is 2. The minimum atomic E-state index is -0.375. The normalized spacial score (nSPS) is 25.2. The lowest BCUT2D eigenvalue weighted by Crippen LogP contribution is -2.49. The summed E-state index contributed by atoms with van der Waals surface area (Å²) < 4.78 is 0. The van der Waals surface area contributed by atoms with Crippen molar-refractivity contribution >= 4 is 23.3 Å². The third-order valence-corrected chi connectivity index (χ3v) is 6.62. The third kappa shape index (κ3) is 4.95. The summed E-state index contributed by atoms with van der Waals surface area (Å²) in [4.78, 5) is 27.6. The molecule has 1 aromatic heterocycles. The number of hydrogen-bond donors (Lipinski definition) is 2. The highest BCUT2D eigenvalue weighted by molar-refractivity contribution is 7.09. The Morgan fingerprint density at radius 3 is 2.88 bits per heavy atom. The van der Waals surface area contributed by atoms with E-state index in [1.807, 2.05) is 22.4 Å². The second-order valence-electron chi connectivity index (χ2n) is 7.69. The van der Waals surface area contributed by atoms with Gasteiger partial charge in [-0.2, -0.15) is 0 Å². The molecule has 2 aliphatic rings. The number of urea groups is 1. The van der Waals surface area contributed by atoms with E-state index in [0.717, 1.165) is 11.8 Å². The van der Waals surface area contributed by atoms with Crippen LogP contribution in [0.4, 0.5) is 4.79 Å². The van der Waals surface area contributed by atoms with Crippen LogP contribution in [0, 0.1) is 17.8 Å². The predicted octanol–water partition coefficient (Wildman–Crippen LogP) is 3.39. The molecule has 0 aromatic carbocycles. The minimum Gasteiger partial charge on any atom is -0.335 e. The molecule has 2 saturated carbocycles. The van der Waals surface area contributed by atoms with Gasteiger partial charge < -0.3 is 5.32 Å². The number of nitrogens with zero attached hydrogens (tertiary/aromatic N) is 1. The molecule has 6 heteroatoms. The van der Waals surface area contributed by atoms with E-state index in [9.17, 15) is 9.59 Å². The Morgan fingerprint density at radius 2 is 2.27 bits per heavy atom. The van der Waals surface area contributed by atoms with Crippen molar-refractivity contribution in [2.24, 2.45) is 17.8 Å². The second kappa shape index (κ2) is 8.82. The van der Waals surface area contributed by atoms with Crippen LogP contribution >= 0.6 is 11.3 Å². The van der Waals surface area contributed by atoms with Crippen LogP contribution < -0.4 is 10.6 Å². The fourth-order valence-corrected chi connectivity index (χ4v) is 5.36. The maximum atomic E-state index is 12.3. The van der Waals surface area contributed by atoms with E-state index < -0.39 is 0 Å². The largest absolute Gasteiger partial charge is 0.335 e. The first-order valence-electron chi connectivity index (χ1n) is 9.51. The van der Waals surface area contributed by atoms with Gasteiger partial charge in [0.1, 0.15) is 0 Å². The first kappa shape index (κ1) is 19.1. The van der Waals surface area contributed by atoms with Crippen molar-refractivity contribution in [3.05, 3.63) is 35.0 Å². The number of imide groups is 1. The van der Waals surface area contributed by atoms with Gasteiger partial charge >= 0.3 is 6.03 Å². The van der Waals surface area contributed by atoms with E-state index in [1.54, 1.807) is 17.4 Å². The number of carbonyl (C=O) groups is 2. The van der Waals surface area contributed by atoms with Crippen LogP contribution in [0.5, 0.6) is 0 Å². The molecule has 0 aliphatic heterocycles. The molecule has 2 fully saturated rings. The van der Waals surface area contributed by atoms with Gasteiger partial charge in [-0.15, -0.1) is 17.9 Å². The molecule has 2 bridgehead atoms. The Morgan fingerprint density at radius 1 is 1.42 bits per heavy atom. The Kier molecular flexibility index (Phi) is 6.48. The average Bonchev–Trinajstić information content (AvgIpc) is 3.32. The molecule has 142 valence electrons. The van der Waals surface area contributed by atoms with Crippen molar-refractivity contribution in [3.8, 4) is 0 Å². The van der Waals surface area contributed by atoms with E-state index in [2.05, 4.69) is 24.1 Å². The summed E-state index contributed by atoms with van der Waals surface area (Å²) in [6.45, 7) is 7.28. The van der Waals surface area contributed by atoms with Crippen LogP contribution in [-0.2, 0) is 11.3 Å². The molecule has 5 nitrogen and oxygen atoms in total. The Balaban J connectivity index is 1.43. The van der Waals surface area contributed by atoms with Crippen molar-refractivity contribution < 1.29 is 9.59 Å². The van der Waals surface area contributed by atoms with Crippen molar-refractivity contribution in [1.82, 2.24) is 15.5 Å². The van der Waals surface area contributed by atoms with E-state index in [1.165, 1.54) is 30.6 Å². The number of hydrogen-bond acceptors (Lipinski definition) is 4. The van der Waals surface area contributed by atoms with Gasteiger partial charge in [-0.1, -0.05) is 18.6 Å². The van der Waals surface area contributed by atoms with Crippen LogP contribution in [0.1, 0.15) is 37.5 Å². The van der Waals surface area contributed by atoms with Crippen LogP contribution in [0.2, 0.25) is 0 Å². The fourth-order valence-electron chi connectivity index (χ4n) is 4.62. The number of fused-ring (bicyclic) bond motifs is 2. The first-order valence-corrected chi connectivity index (χ1v) is 10.4. The lowest BCUT2D eigenvalue weighted by Gasteiger charge is -2.28. The van der Waals surface area contributed by atoms with Gasteiger partial charge in [-0.05, 0) is 55.4 Å². The molecule has 4 unspecified atom stereocenters. The standard InChI is InChI=1S/C20H29N3O2S/c1-3-8-23(12-17-5-4-9-26-17)13-19(24)22-20(25)21-14(2)18-11-15-6-7-16(18)10-15/h3-5,9,14-16,18H,1,6-8,10-13H2,2H3,(H2,21,22,24,25). The number of thiophene rings is 1. The highest BCUT2D eigenvalue weighted by Crippen LogP contribution is 2.49. The summed E-state index contributed by atoms with van der Waals surface area (Å²) >= 11 is 1.66. The molecule has 0 saturated heterocycles. The molecule has 1 aromatic rings. The highest BCUT2D eigenvalue weighted by atomic mass is 32.1. The molecule has 0 spiro atoms. The van der Waals surface area contributed by atoms with Crippen LogP contribution in [-0.4, -0.2) is 36.0 Å².